The van der Waals surface area contributed by atoms with Crippen molar-refractivity contribution in [1.82, 2.24) is 9.97 Å². The van der Waals surface area contributed by atoms with E-state index in [0.29, 0.717) is 17.0 Å². The van der Waals surface area contributed by atoms with Gasteiger partial charge in [0.2, 0.25) is 0 Å². The van der Waals surface area contributed by atoms with Crippen molar-refractivity contribution in [3.8, 4) is 11.4 Å². The number of aromatic nitrogens is 2. The zero-order chi connectivity index (χ0) is 13.7. The van der Waals surface area contributed by atoms with E-state index < -0.39 is 0 Å². The highest BCUT2D eigenvalue weighted by molar-refractivity contribution is 9.10. The third kappa shape index (κ3) is 2.27. The van der Waals surface area contributed by atoms with Crippen molar-refractivity contribution in [2.45, 2.75) is 37.5 Å². The third-order valence-electron chi connectivity index (χ3n) is 4.02. The first-order valence-corrected chi connectivity index (χ1v) is 8.23. The van der Waals surface area contributed by atoms with E-state index in [1.54, 1.807) is 0 Å². The molecule has 0 N–H and O–H groups in total. The number of nitrogens with zero attached hydrogens (tertiary/aromatic N) is 2. The van der Waals surface area contributed by atoms with E-state index >= 15 is 0 Å². The lowest BCUT2D eigenvalue weighted by Gasteiger charge is -2.11. The van der Waals surface area contributed by atoms with Gasteiger partial charge in [-0.1, -0.05) is 35.9 Å². The Balaban J connectivity index is 1.86. The molecule has 4 rings (SSSR count). The second-order valence-electron chi connectivity index (χ2n) is 5.67. The first-order chi connectivity index (χ1) is 9.74. The first kappa shape index (κ1) is 12.8. The fourth-order valence-electron chi connectivity index (χ4n) is 2.63. The minimum Gasteiger partial charge on any atom is -0.231 e. The third-order valence-corrected chi connectivity index (χ3v) is 5.30. The van der Waals surface area contributed by atoms with Crippen LogP contribution in [0.5, 0.6) is 0 Å². The van der Waals surface area contributed by atoms with Gasteiger partial charge in [-0.2, -0.15) is 0 Å². The van der Waals surface area contributed by atoms with Crippen LogP contribution < -0.4 is 0 Å². The smallest absolute Gasteiger partial charge is 0.161 e. The van der Waals surface area contributed by atoms with Crippen LogP contribution in [0.2, 0.25) is 5.15 Å². The van der Waals surface area contributed by atoms with Gasteiger partial charge in [0.1, 0.15) is 5.15 Å². The quantitative estimate of drug-likeness (QED) is 0.701. The molecule has 0 unspecified atom stereocenters. The Morgan fingerprint density at radius 3 is 2.40 bits per heavy atom. The van der Waals surface area contributed by atoms with Gasteiger partial charge in [0.05, 0.1) is 10.2 Å². The molecule has 1 aromatic carbocycles. The lowest BCUT2D eigenvalue weighted by atomic mass is 10.0. The normalized spacial score (nSPS) is 18.3. The molecule has 0 saturated heterocycles. The average molecular weight is 350 g/mol. The summed E-state index contributed by atoms with van der Waals surface area (Å²) >= 11 is 9.82. The molecule has 1 heterocycles. The van der Waals surface area contributed by atoms with Gasteiger partial charge >= 0.3 is 0 Å². The minimum atomic E-state index is 0.530. The molecule has 2 aliphatic carbocycles. The molecular weight excluding hydrogens is 336 g/mol. The van der Waals surface area contributed by atoms with Gasteiger partial charge in [0.25, 0.3) is 0 Å². The van der Waals surface area contributed by atoms with E-state index in [9.17, 15) is 0 Å². The van der Waals surface area contributed by atoms with Gasteiger partial charge in [0.15, 0.2) is 5.82 Å². The molecule has 2 saturated carbocycles. The van der Waals surface area contributed by atoms with Crippen molar-refractivity contribution in [3.63, 3.8) is 0 Å². The Morgan fingerprint density at radius 1 is 1.00 bits per heavy atom. The van der Waals surface area contributed by atoms with E-state index in [2.05, 4.69) is 45.2 Å². The van der Waals surface area contributed by atoms with Crippen LogP contribution in [0.3, 0.4) is 0 Å². The van der Waals surface area contributed by atoms with E-state index in [1.807, 2.05) is 0 Å². The lowest BCUT2D eigenvalue weighted by Crippen LogP contribution is -1.99. The van der Waals surface area contributed by atoms with Crippen molar-refractivity contribution < 1.29 is 0 Å². The molecule has 2 aromatic rings. The maximum Gasteiger partial charge on any atom is 0.161 e. The van der Waals surface area contributed by atoms with Crippen LogP contribution in [-0.4, -0.2) is 9.97 Å². The molecule has 2 fully saturated rings. The van der Waals surface area contributed by atoms with Crippen LogP contribution in [0.1, 0.15) is 48.8 Å². The lowest BCUT2D eigenvalue weighted by molar-refractivity contribution is 0.974. The largest absolute Gasteiger partial charge is 0.231 e. The fourth-order valence-corrected chi connectivity index (χ4v) is 3.31. The predicted molar refractivity (Wildman–Crippen MR) is 84.1 cm³/mol. The van der Waals surface area contributed by atoms with E-state index in [4.69, 9.17) is 16.6 Å². The zero-order valence-electron chi connectivity index (χ0n) is 10.9. The van der Waals surface area contributed by atoms with E-state index in [0.717, 1.165) is 21.6 Å². The number of hydrogen-bond acceptors (Lipinski definition) is 2. The predicted octanol–water partition coefficient (Wildman–Crippen LogP) is 5.31. The molecule has 4 heteroatoms. The van der Waals surface area contributed by atoms with Gasteiger partial charge in [-0.25, -0.2) is 9.97 Å². The molecule has 0 bridgehead atoms. The Bertz CT molecular complexity index is 678. The number of halogens is 2. The highest BCUT2D eigenvalue weighted by atomic mass is 79.9. The Morgan fingerprint density at radius 2 is 1.70 bits per heavy atom. The number of hydrogen-bond donors (Lipinski definition) is 0. The van der Waals surface area contributed by atoms with Gasteiger partial charge in [-0.3, -0.25) is 0 Å². The van der Waals surface area contributed by atoms with Crippen LogP contribution >= 0.6 is 27.5 Å². The summed E-state index contributed by atoms with van der Waals surface area (Å²) in [7, 11) is 0. The molecule has 0 spiro atoms. The zero-order valence-corrected chi connectivity index (χ0v) is 13.3. The summed E-state index contributed by atoms with van der Waals surface area (Å²) < 4.78 is 0.870. The highest BCUT2D eigenvalue weighted by Gasteiger charge is 2.31. The molecular formula is C16H14BrClN2. The fraction of sp³-hybridized carbons (Fsp3) is 0.375. The summed E-state index contributed by atoms with van der Waals surface area (Å²) in [5, 5.41) is 0.530. The SMILES string of the molecule is Clc1nc(-c2ccccc2C2CC2)nc(C2CC2)c1Br. The summed E-state index contributed by atoms with van der Waals surface area (Å²) in [5.74, 6) is 2.01. The average Bonchev–Trinajstić information content (AvgIpc) is 3.34. The topological polar surface area (TPSA) is 25.8 Å². The van der Waals surface area contributed by atoms with Crippen molar-refractivity contribution in [2.75, 3.05) is 0 Å². The maximum atomic E-state index is 6.29. The van der Waals surface area contributed by atoms with Crippen molar-refractivity contribution in [2.24, 2.45) is 0 Å². The second-order valence-corrected chi connectivity index (χ2v) is 6.82. The summed E-state index contributed by atoms with van der Waals surface area (Å²) in [6.45, 7) is 0. The van der Waals surface area contributed by atoms with Crippen LogP contribution in [-0.2, 0) is 0 Å². The molecule has 102 valence electrons. The summed E-state index contributed by atoms with van der Waals surface area (Å²) in [6, 6.07) is 8.46. The Hall–Kier alpha value is -0.930. The van der Waals surface area contributed by atoms with Gasteiger partial charge in [-0.05, 0) is 53.1 Å². The number of rotatable bonds is 3. The van der Waals surface area contributed by atoms with E-state index in [1.165, 1.54) is 31.2 Å². The van der Waals surface area contributed by atoms with Crippen LogP contribution in [0.4, 0.5) is 0 Å². The van der Waals surface area contributed by atoms with Gasteiger partial charge < -0.3 is 0 Å². The maximum absolute atomic E-state index is 6.29. The van der Waals surface area contributed by atoms with Crippen molar-refractivity contribution in [3.05, 3.63) is 45.1 Å². The summed E-state index contributed by atoms with van der Waals surface area (Å²) in [4.78, 5) is 9.29. The first-order valence-electron chi connectivity index (χ1n) is 7.06. The molecule has 0 aliphatic heterocycles. The molecule has 2 nitrogen and oxygen atoms in total. The molecule has 20 heavy (non-hydrogen) atoms. The van der Waals surface area contributed by atoms with Gasteiger partial charge in [0, 0.05) is 11.5 Å². The summed E-state index contributed by atoms with van der Waals surface area (Å²) in [5.41, 5.74) is 3.59. The Kier molecular flexibility index (Phi) is 3.08. The monoisotopic (exact) mass is 348 g/mol. The standard InChI is InChI=1S/C16H14BrClN2/c17-13-14(10-7-8-10)19-16(20-15(13)18)12-4-2-1-3-11(12)9-5-6-9/h1-4,9-10H,5-8H2. The van der Waals surface area contributed by atoms with Crippen LogP contribution in [0.25, 0.3) is 11.4 Å². The van der Waals surface area contributed by atoms with E-state index in [-0.39, 0.29) is 0 Å². The minimum absolute atomic E-state index is 0.530. The summed E-state index contributed by atoms with van der Waals surface area (Å²) in [6.07, 6.45) is 4.96. The molecule has 0 atom stereocenters. The molecule has 1 aromatic heterocycles. The number of benzene rings is 1. The molecule has 0 radical (unpaired) electrons. The van der Waals surface area contributed by atoms with Crippen molar-refractivity contribution >= 4 is 27.5 Å². The highest BCUT2D eigenvalue weighted by Crippen LogP contribution is 2.46. The van der Waals surface area contributed by atoms with Crippen molar-refractivity contribution in [1.29, 1.82) is 0 Å². The van der Waals surface area contributed by atoms with Crippen LogP contribution in [0.15, 0.2) is 28.7 Å². The van der Waals surface area contributed by atoms with Crippen LogP contribution in [0, 0.1) is 0 Å². The second kappa shape index (κ2) is 4.81. The van der Waals surface area contributed by atoms with Gasteiger partial charge in [-0.15, -0.1) is 0 Å². The molecule has 2 aliphatic rings. The Labute approximate surface area is 131 Å². The molecule has 0 amide bonds.